The number of piperazine rings is 1. The predicted molar refractivity (Wildman–Crippen MR) is 134 cm³/mol. The van der Waals surface area contributed by atoms with Crippen LogP contribution in [0.3, 0.4) is 0 Å². The van der Waals surface area contributed by atoms with Crippen LogP contribution in [0.15, 0.2) is 36.5 Å². The molecule has 2 fully saturated rings. The number of thiocarbonyl (C=S) groups is 1. The minimum absolute atomic E-state index is 0.0362. The van der Waals surface area contributed by atoms with E-state index in [1.807, 2.05) is 12.1 Å². The molecular weight excluding hydrogens is 513 g/mol. The van der Waals surface area contributed by atoms with Gasteiger partial charge in [0.2, 0.25) is 0 Å². The van der Waals surface area contributed by atoms with Crippen molar-refractivity contribution in [2.45, 2.75) is 44.1 Å². The minimum atomic E-state index is -4.60. The third kappa shape index (κ3) is 6.78. The Kier molecular flexibility index (Phi) is 8.54. The molecule has 2 aromatic rings. The Morgan fingerprint density at radius 2 is 1.78 bits per heavy atom. The van der Waals surface area contributed by atoms with E-state index in [4.69, 9.17) is 38.6 Å². The maximum atomic E-state index is 13.2. The molecule has 0 spiro atoms. The third-order valence-electron chi connectivity index (χ3n) is 6.45. The monoisotopic (exact) mass is 538 g/mol. The molecule has 1 aliphatic carbocycles. The van der Waals surface area contributed by atoms with Gasteiger partial charge in [0.15, 0.2) is 0 Å². The topological polar surface area (TPSA) is 61.6 Å². The Morgan fingerprint density at radius 1 is 1.08 bits per heavy atom. The van der Waals surface area contributed by atoms with Gasteiger partial charge in [0.05, 0.1) is 41.0 Å². The van der Waals surface area contributed by atoms with Crippen LogP contribution in [0.5, 0.6) is 5.75 Å². The SMILES string of the molecule is N#Cc1ccc(O[C@H]2CC[C@H](OCC(=S)N3CCN(c4ccc(Cl)cn4)CC3)CC2)cc1C(F)(F)F. The summed E-state index contributed by atoms with van der Waals surface area (Å²) in [6.07, 6.45) is -0.289. The summed E-state index contributed by atoms with van der Waals surface area (Å²) in [6.45, 7) is 3.57. The minimum Gasteiger partial charge on any atom is -0.490 e. The van der Waals surface area contributed by atoms with E-state index in [2.05, 4.69) is 14.8 Å². The van der Waals surface area contributed by atoms with Crippen molar-refractivity contribution >= 4 is 34.6 Å². The van der Waals surface area contributed by atoms with Gasteiger partial charge in [-0.15, -0.1) is 0 Å². The number of alkyl halides is 3. The molecule has 1 saturated heterocycles. The van der Waals surface area contributed by atoms with E-state index in [0.717, 1.165) is 62.0 Å². The van der Waals surface area contributed by atoms with Crippen molar-refractivity contribution in [1.29, 1.82) is 5.26 Å². The van der Waals surface area contributed by atoms with Crippen molar-refractivity contribution < 1.29 is 22.6 Å². The second-order valence-corrected chi connectivity index (χ2v) is 9.75. The highest BCUT2D eigenvalue weighted by Gasteiger charge is 2.34. The Balaban J connectivity index is 1.19. The molecule has 2 aliphatic rings. The van der Waals surface area contributed by atoms with Crippen LogP contribution in [0.25, 0.3) is 0 Å². The first-order valence-electron chi connectivity index (χ1n) is 11.8. The molecule has 11 heteroatoms. The number of aromatic nitrogens is 1. The highest BCUT2D eigenvalue weighted by Crippen LogP contribution is 2.35. The highest BCUT2D eigenvalue weighted by atomic mass is 35.5. The number of anilines is 1. The zero-order valence-corrected chi connectivity index (χ0v) is 21.1. The average molecular weight is 539 g/mol. The van der Waals surface area contributed by atoms with Gasteiger partial charge in [-0.25, -0.2) is 4.98 Å². The summed E-state index contributed by atoms with van der Waals surface area (Å²) in [5.41, 5.74) is -1.38. The molecule has 0 amide bonds. The lowest BCUT2D eigenvalue weighted by Crippen LogP contribution is -2.49. The van der Waals surface area contributed by atoms with Gasteiger partial charge in [0, 0.05) is 32.4 Å². The van der Waals surface area contributed by atoms with E-state index in [0.29, 0.717) is 24.5 Å². The number of halogens is 4. The van der Waals surface area contributed by atoms with Crippen LogP contribution < -0.4 is 9.64 Å². The zero-order valence-electron chi connectivity index (χ0n) is 19.5. The molecule has 0 atom stereocenters. The number of pyridine rings is 1. The van der Waals surface area contributed by atoms with Crippen LogP contribution in [0.2, 0.25) is 5.02 Å². The van der Waals surface area contributed by atoms with Crippen molar-refractivity contribution in [3.8, 4) is 11.8 Å². The van der Waals surface area contributed by atoms with E-state index < -0.39 is 17.3 Å². The van der Waals surface area contributed by atoms with Crippen LogP contribution in [0.4, 0.5) is 19.0 Å². The summed E-state index contributed by atoms with van der Waals surface area (Å²) in [5, 5.41) is 9.55. The summed E-state index contributed by atoms with van der Waals surface area (Å²) >= 11 is 11.5. The summed E-state index contributed by atoms with van der Waals surface area (Å²) in [7, 11) is 0. The smallest absolute Gasteiger partial charge is 0.417 e. The summed E-state index contributed by atoms with van der Waals surface area (Å²) in [5.74, 6) is 1.02. The summed E-state index contributed by atoms with van der Waals surface area (Å²) in [4.78, 5) is 9.49. The molecule has 36 heavy (non-hydrogen) atoms. The predicted octanol–water partition coefficient (Wildman–Crippen LogP) is 5.48. The fourth-order valence-corrected chi connectivity index (χ4v) is 4.82. The van der Waals surface area contributed by atoms with Crippen LogP contribution in [0, 0.1) is 11.3 Å². The Hall–Kier alpha value is -2.61. The molecule has 2 heterocycles. The second-order valence-electron chi connectivity index (χ2n) is 8.85. The molecule has 192 valence electrons. The van der Waals surface area contributed by atoms with Crippen molar-refractivity contribution in [2.24, 2.45) is 0 Å². The number of hydrogen-bond acceptors (Lipinski definition) is 6. The maximum absolute atomic E-state index is 13.2. The van der Waals surface area contributed by atoms with Crippen molar-refractivity contribution in [1.82, 2.24) is 9.88 Å². The van der Waals surface area contributed by atoms with Gasteiger partial charge in [-0.3, -0.25) is 0 Å². The number of benzene rings is 1. The van der Waals surface area contributed by atoms with Crippen molar-refractivity contribution in [3.63, 3.8) is 0 Å². The van der Waals surface area contributed by atoms with Gasteiger partial charge in [-0.2, -0.15) is 18.4 Å². The normalized spacial score (nSPS) is 20.6. The first kappa shape index (κ1) is 26.5. The molecule has 0 radical (unpaired) electrons. The van der Waals surface area contributed by atoms with E-state index in [1.165, 1.54) is 6.07 Å². The Labute approximate surface area is 218 Å². The van der Waals surface area contributed by atoms with Crippen molar-refractivity contribution in [2.75, 3.05) is 37.7 Å². The lowest BCUT2D eigenvalue weighted by molar-refractivity contribution is -0.137. The van der Waals surface area contributed by atoms with E-state index in [1.54, 1.807) is 12.3 Å². The van der Waals surface area contributed by atoms with Crippen LogP contribution >= 0.6 is 23.8 Å². The lowest BCUT2D eigenvalue weighted by Gasteiger charge is -2.37. The third-order valence-corrected chi connectivity index (χ3v) is 7.05. The van der Waals surface area contributed by atoms with E-state index in [-0.39, 0.29) is 18.0 Å². The standard InChI is InChI=1S/C25H26ClF3N4O2S/c26-18-2-8-23(31-15-18)32-9-11-33(12-10-32)24(36)16-34-19-4-6-20(7-5-19)35-21-3-1-17(14-30)22(13-21)25(27,28)29/h1-3,8,13,15,19-20H,4-7,9-12,16H2/t19-,20-. The fourth-order valence-electron chi connectivity index (χ4n) is 4.46. The maximum Gasteiger partial charge on any atom is 0.417 e. The van der Waals surface area contributed by atoms with Gasteiger partial charge in [-0.1, -0.05) is 23.8 Å². The fraction of sp³-hybridized carbons (Fsp3) is 0.480. The van der Waals surface area contributed by atoms with Gasteiger partial charge in [0.1, 0.15) is 16.6 Å². The Morgan fingerprint density at radius 3 is 2.39 bits per heavy atom. The second kappa shape index (κ2) is 11.6. The number of nitriles is 1. The largest absolute Gasteiger partial charge is 0.490 e. The number of hydrogen-bond donors (Lipinski definition) is 0. The first-order chi connectivity index (χ1) is 17.2. The molecule has 1 aromatic heterocycles. The highest BCUT2D eigenvalue weighted by molar-refractivity contribution is 7.80. The number of ether oxygens (including phenoxy) is 2. The van der Waals surface area contributed by atoms with Gasteiger partial charge in [0.25, 0.3) is 0 Å². The van der Waals surface area contributed by atoms with Crippen LogP contribution in [-0.4, -0.2) is 59.9 Å². The molecule has 6 nitrogen and oxygen atoms in total. The quantitative estimate of drug-likeness (QED) is 0.451. The molecule has 0 N–H and O–H groups in total. The molecule has 1 aromatic carbocycles. The molecule has 0 unspecified atom stereocenters. The van der Waals surface area contributed by atoms with Crippen LogP contribution in [0.1, 0.15) is 36.8 Å². The number of nitrogens with zero attached hydrogens (tertiary/aromatic N) is 4. The van der Waals surface area contributed by atoms with Crippen molar-refractivity contribution in [3.05, 3.63) is 52.7 Å². The first-order valence-corrected chi connectivity index (χ1v) is 12.6. The zero-order chi connectivity index (χ0) is 25.7. The summed E-state index contributed by atoms with van der Waals surface area (Å²) < 4.78 is 51.4. The molecule has 1 saturated carbocycles. The van der Waals surface area contributed by atoms with Crippen LogP contribution in [-0.2, 0) is 10.9 Å². The lowest BCUT2D eigenvalue weighted by atomic mass is 9.95. The van der Waals surface area contributed by atoms with Gasteiger partial charge in [-0.05, 0) is 56.0 Å². The molecule has 4 rings (SSSR count). The summed E-state index contributed by atoms with van der Waals surface area (Å²) in [6, 6.07) is 8.80. The Bertz CT molecular complexity index is 1090. The average Bonchev–Trinajstić information content (AvgIpc) is 2.88. The van der Waals surface area contributed by atoms with E-state index >= 15 is 0 Å². The van der Waals surface area contributed by atoms with E-state index in [9.17, 15) is 13.2 Å². The van der Waals surface area contributed by atoms with Gasteiger partial charge >= 0.3 is 6.18 Å². The van der Waals surface area contributed by atoms with Gasteiger partial charge < -0.3 is 19.3 Å². The number of rotatable bonds is 6. The molecule has 1 aliphatic heterocycles. The molecule has 0 bridgehead atoms. The molecular formula is C25H26ClF3N4O2S.